The van der Waals surface area contributed by atoms with Crippen molar-refractivity contribution in [3.8, 4) is 0 Å². The normalized spacial score (nSPS) is 24.4. The molecule has 0 fully saturated rings. The van der Waals surface area contributed by atoms with E-state index >= 15 is 13.2 Å². The molecule has 2 aliphatic carbocycles. The average Bonchev–Trinajstić information content (AvgIpc) is 2.82. The van der Waals surface area contributed by atoms with Crippen LogP contribution in [-0.2, 0) is 0 Å². The van der Waals surface area contributed by atoms with E-state index in [1.54, 1.807) is 18.2 Å². The van der Waals surface area contributed by atoms with Crippen molar-refractivity contribution in [1.29, 1.82) is 0 Å². The standard InChI is InChI=1S/C27H30F3NP2/c1-20(2)31(32(21-12-4-3-5-13-21)25-17-9-6-14-22(25)28)33(26-18-10-7-15-23(26)29)27-19-11-8-16-24(27)30/h3-12,14-15,17-18,20-21,24,27H,13,16,19H2,1-2H3. The van der Waals surface area contributed by atoms with Gasteiger partial charge in [-0.05, 0) is 45.2 Å². The minimum atomic E-state index is -1.40. The number of rotatable bonds is 7. The molecule has 0 aromatic heterocycles. The smallest absolute Gasteiger partial charge is 0.132 e. The van der Waals surface area contributed by atoms with Crippen LogP contribution >= 0.6 is 16.1 Å². The van der Waals surface area contributed by atoms with Crippen molar-refractivity contribution in [3.63, 3.8) is 0 Å². The van der Waals surface area contributed by atoms with Crippen LogP contribution in [0.1, 0.15) is 33.1 Å². The second kappa shape index (κ2) is 11.1. The highest BCUT2D eigenvalue weighted by atomic mass is 31.2. The van der Waals surface area contributed by atoms with Crippen LogP contribution in [0, 0.1) is 11.6 Å². The zero-order valence-corrected chi connectivity index (χ0v) is 20.8. The lowest BCUT2D eigenvalue weighted by atomic mass is 10.1. The van der Waals surface area contributed by atoms with E-state index < -0.39 is 22.3 Å². The Morgan fingerprint density at radius 1 is 0.788 bits per heavy atom. The maximum atomic E-state index is 15.5. The van der Waals surface area contributed by atoms with Gasteiger partial charge in [-0.25, -0.2) is 17.6 Å². The lowest BCUT2D eigenvalue weighted by Gasteiger charge is -2.47. The third kappa shape index (κ3) is 5.35. The Labute approximate surface area is 197 Å². The van der Waals surface area contributed by atoms with Crippen LogP contribution in [0.2, 0.25) is 0 Å². The first kappa shape index (κ1) is 24.4. The van der Waals surface area contributed by atoms with Gasteiger partial charge in [-0.15, -0.1) is 0 Å². The van der Waals surface area contributed by atoms with Crippen LogP contribution in [0.3, 0.4) is 0 Å². The van der Waals surface area contributed by atoms with E-state index in [-0.39, 0.29) is 29.0 Å². The van der Waals surface area contributed by atoms with Crippen LogP contribution in [0.4, 0.5) is 13.2 Å². The number of halogens is 3. The summed E-state index contributed by atoms with van der Waals surface area (Å²) >= 11 is 0. The monoisotopic (exact) mass is 487 g/mol. The van der Waals surface area contributed by atoms with Gasteiger partial charge >= 0.3 is 0 Å². The van der Waals surface area contributed by atoms with Crippen molar-refractivity contribution in [2.45, 2.75) is 56.6 Å². The molecule has 0 spiro atoms. The maximum absolute atomic E-state index is 15.5. The van der Waals surface area contributed by atoms with Gasteiger partial charge in [0.1, 0.15) is 17.8 Å². The summed E-state index contributed by atoms with van der Waals surface area (Å²) in [6.45, 7) is 4.14. The molecule has 174 valence electrons. The molecule has 0 heterocycles. The van der Waals surface area contributed by atoms with Gasteiger partial charge in [0, 0.05) is 44.1 Å². The van der Waals surface area contributed by atoms with Crippen molar-refractivity contribution in [3.05, 3.63) is 96.6 Å². The molecule has 5 atom stereocenters. The number of benzene rings is 2. The molecule has 5 unspecified atom stereocenters. The summed E-state index contributed by atoms with van der Waals surface area (Å²) in [5.41, 5.74) is -0.276. The summed E-state index contributed by atoms with van der Waals surface area (Å²) in [6, 6.07) is 13.7. The lowest BCUT2D eigenvalue weighted by Crippen LogP contribution is -2.40. The molecule has 2 aliphatic rings. The third-order valence-electron chi connectivity index (χ3n) is 6.01. The molecular weight excluding hydrogens is 457 g/mol. The van der Waals surface area contributed by atoms with Crippen LogP contribution in [-0.4, -0.2) is 28.0 Å². The molecule has 0 saturated heterocycles. The van der Waals surface area contributed by atoms with Crippen LogP contribution < -0.4 is 10.6 Å². The van der Waals surface area contributed by atoms with Gasteiger partial charge in [-0.2, -0.15) is 0 Å². The van der Waals surface area contributed by atoms with Gasteiger partial charge in [-0.3, -0.25) is 0 Å². The van der Waals surface area contributed by atoms with Crippen molar-refractivity contribution in [2.75, 3.05) is 0 Å². The molecule has 0 N–H and O–H groups in total. The third-order valence-corrected chi connectivity index (χ3v) is 12.9. The molecular formula is C27H30F3NP2. The number of hydrogen-bond donors (Lipinski definition) is 0. The first-order valence-corrected chi connectivity index (χ1v) is 14.2. The lowest BCUT2D eigenvalue weighted by molar-refractivity contribution is 0.314. The van der Waals surface area contributed by atoms with Crippen LogP contribution in [0.25, 0.3) is 0 Å². The Morgan fingerprint density at radius 2 is 1.39 bits per heavy atom. The van der Waals surface area contributed by atoms with E-state index in [4.69, 9.17) is 0 Å². The highest BCUT2D eigenvalue weighted by Crippen LogP contribution is 2.64. The fraction of sp³-hybridized carbons (Fsp3) is 0.333. The molecule has 1 nitrogen and oxygen atoms in total. The van der Waals surface area contributed by atoms with E-state index in [0.717, 1.165) is 6.42 Å². The van der Waals surface area contributed by atoms with E-state index in [9.17, 15) is 0 Å². The maximum Gasteiger partial charge on any atom is 0.132 e. The molecule has 0 aliphatic heterocycles. The summed E-state index contributed by atoms with van der Waals surface area (Å²) in [7, 11) is -2.63. The van der Waals surface area contributed by atoms with Crippen molar-refractivity contribution in [2.24, 2.45) is 0 Å². The molecule has 33 heavy (non-hydrogen) atoms. The Morgan fingerprint density at radius 3 is 1.94 bits per heavy atom. The zero-order valence-electron chi connectivity index (χ0n) is 19.0. The fourth-order valence-corrected chi connectivity index (χ4v) is 11.9. The molecule has 0 radical (unpaired) electrons. The number of alkyl halides is 1. The first-order chi connectivity index (χ1) is 16.0. The van der Waals surface area contributed by atoms with Gasteiger partial charge < -0.3 is 0 Å². The highest BCUT2D eigenvalue weighted by Gasteiger charge is 2.43. The summed E-state index contributed by atoms with van der Waals surface area (Å²) < 4.78 is 48.3. The molecule has 6 heteroatoms. The second-order valence-electron chi connectivity index (χ2n) is 8.65. The van der Waals surface area contributed by atoms with E-state index in [1.165, 1.54) is 12.1 Å². The predicted octanol–water partition coefficient (Wildman–Crippen LogP) is 7.36. The predicted molar refractivity (Wildman–Crippen MR) is 137 cm³/mol. The van der Waals surface area contributed by atoms with Crippen LogP contribution in [0.15, 0.2) is 85.0 Å². The van der Waals surface area contributed by atoms with Crippen molar-refractivity contribution < 1.29 is 13.2 Å². The van der Waals surface area contributed by atoms with Crippen molar-refractivity contribution >= 4 is 26.8 Å². The summed E-state index contributed by atoms with van der Waals surface area (Å²) in [6.07, 6.45) is 12.8. The van der Waals surface area contributed by atoms with Crippen molar-refractivity contribution in [1.82, 2.24) is 4.44 Å². The van der Waals surface area contributed by atoms with Crippen LogP contribution in [0.5, 0.6) is 0 Å². The number of hydrogen-bond acceptors (Lipinski definition) is 1. The Bertz CT molecular complexity index is 1040. The molecule has 0 bridgehead atoms. The highest BCUT2D eigenvalue weighted by molar-refractivity contribution is 7.78. The topological polar surface area (TPSA) is 3.24 Å². The molecule has 0 saturated carbocycles. The zero-order chi connectivity index (χ0) is 23.4. The minimum absolute atomic E-state index is 0.0150. The van der Waals surface area contributed by atoms with E-state index in [2.05, 4.69) is 30.4 Å². The van der Waals surface area contributed by atoms with Gasteiger partial charge in [-0.1, -0.05) is 72.9 Å². The van der Waals surface area contributed by atoms with Gasteiger partial charge in [0.15, 0.2) is 0 Å². The fourth-order valence-electron chi connectivity index (χ4n) is 4.53. The summed E-state index contributed by atoms with van der Waals surface area (Å²) in [5, 5.41) is 1.21. The van der Waals surface area contributed by atoms with Gasteiger partial charge in [0.2, 0.25) is 0 Å². The number of allylic oxidation sites excluding steroid dienone is 6. The minimum Gasteiger partial charge on any atom is -0.248 e. The molecule has 4 rings (SSSR count). The first-order valence-electron chi connectivity index (χ1n) is 11.5. The molecule has 2 aromatic carbocycles. The molecule has 0 amide bonds. The summed E-state index contributed by atoms with van der Waals surface area (Å²) in [4.78, 5) is 0. The summed E-state index contributed by atoms with van der Waals surface area (Å²) in [5.74, 6) is -0.556. The SMILES string of the molecule is CC(C)N(P(c1ccccc1F)C1C=CC=CC1)P(c1ccccc1F)C1CC=CCC1F. The van der Waals surface area contributed by atoms with E-state index in [1.807, 2.05) is 42.5 Å². The van der Waals surface area contributed by atoms with E-state index in [0.29, 0.717) is 23.5 Å². The Hall–Kier alpha value is -1.73. The number of nitrogens with zero attached hydrogens (tertiary/aromatic N) is 1. The Kier molecular flexibility index (Phi) is 8.23. The second-order valence-corrected chi connectivity index (χ2v) is 13.5. The Balaban J connectivity index is 1.90. The quantitative estimate of drug-likeness (QED) is 0.291. The average molecular weight is 487 g/mol. The largest absolute Gasteiger partial charge is 0.248 e. The van der Waals surface area contributed by atoms with Gasteiger partial charge in [0.05, 0.1) is 0 Å². The van der Waals surface area contributed by atoms with Gasteiger partial charge in [0.25, 0.3) is 0 Å². The molecule has 2 aromatic rings.